The minimum absolute atomic E-state index is 0.0982. The van der Waals surface area contributed by atoms with Crippen molar-refractivity contribution >= 4 is 17.3 Å². The number of likely N-dealkylation sites (N-methyl/N-ethyl adjacent to an activating group) is 1. The summed E-state index contributed by atoms with van der Waals surface area (Å²) in [6.07, 6.45) is 0. The van der Waals surface area contributed by atoms with Crippen molar-refractivity contribution in [2.75, 3.05) is 59.3 Å². The number of benzene rings is 1. The summed E-state index contributed by atoms with van der Waals surface area (Å²) in [7, 11) is 6.98. The molecular formula is C15H23N4O4+. The normalized spacial score (nSPS) is 15.4. The first kappa shape index (κ1) is 17.0. The van der Waals surface area contributed by atoms with E-state index in [1.54, 1.807) is 30.0 Å². The van der Waals surface area contributed by atoms with Crippen molar-refractivity contribution in [1.29, 1.82) is 0 Å². The maximum Gasteiger partial charge on any atom is 0.293 e. The molecule has 2 rings (SSSR count). The quantitative estimate of drug-likeness (QED) is 0.605. The Morgan fingerprint density at radius 1 is 1.35 bits per heavy atom. The van der Waals surface area contributed by atoms with Crippen LogP contribution >= 0.6 is 0 Å². The fraction of sp³-hybridized carbons (Fsp3) is 0.533. The molecule has 1 amide bonds. The van der Waals surface area contributed by atoms with Crippen LogP contribution < -0.4 is 14.5 Å². The Labute approximate surface area is 135 Å². The number of hydrogen-bond acceptors (Lipinski definition) is 5. The predicted molar refractivity (Wildman–Crippen MR) is 86.5 cm³/mol. The zero-order valence-corrected chi connectivity index (χ0v) is 14.0. The van der Waals surface area contributed by atoms with Crippen molar-refractivity contribution in [3.05, 3.63) is 27.8 Å². The van der Waals surface area contributed by atoms with Gasteiger partial charge in [-0.05, 0) is 0 Å². The SMILES string of the molecule is COc1cc(N(C)C)c([N+](=O)[O-])cc1C(=O)N1CC[NH+](C)CC1. The maximum atomic E-state index is 12.7. The molecule has 1 saturated heterocycles. The van der Waals surface area contributed by atoms with Gasteiger partial charge in [-0.15, -0.1) is 0 Å². The number of hydrogen-bond donors (Lipinski definition) is 1. The molecule has 0 spiro atoms. The van der Waals surface area contributed by atoms with E-state index in [2.05, 4.69) is 7.05 Å². The molecule has 1 aromatic carbocycles. The third-order valence-electron chi connectivity index (χ3n) is 4.11. The second kappa shape index (κ2) is 6.82. The van der Waals surface area contributed by atoms with Gasteiger partial charge in [-0.2, -0.15) is 0 Å². The molecule has 0 saturated carbocycles. The molecule has 1 fully saturated rings. The standard InChI is InChI=1S/C15H22N4O4/c1-16(2)12-10-14(23-4)11(9-13(12)19(21)22)15(20)18-7-5-17(3)6-8-18/h9-10H,5-8H2,1-4H3/p+1. The molecular weight excluding hydrogens is 300 g/mol. The maximum absolute atomic E-state index is 12.7. The highest BCUT2D eigenvalue weighted by atomic mass is 16.6. The van der Waals surface area contributed by atoms with Crippen LogP contribution in [0.3, 0.4) is 0 Å². The summed E-state index contributed by atoms with van der Waals surface area (Å²) in [6, 6.07) is 2.87. The number of nitrogens with one attached hydrogen (secondary N) is 1. The van der Waals surface area contributed by atoms with Gasteiger partial charge < -0.3 is 19.4 Å². The second-order valence-corrected chi connectivity index (χ2v) is 5.94. The number of anilines is 1. The van der Waals surface area contributed by atoms with Crippen molar-refractivity contribution in [2.24, 2.45) is 0 Å². The van der Waals surface area contributed by atoms with E-state index >= 15 is 0 Å². The van der Waals surface area contributed by atoms with E-state index in [0.29, 0.717) is 24.5 Å². The number of nitrogens with zero attached hydrogens (tertiary/aromatic N) is 3. The molecule has 0 radical (unpaired) electrons. The summed E-state index contributed by atoms with van der Waals surface area (Å²) >= 11 is 0. The number of nitro benzene ring substituents is 1. The van der Waals surface area contributed by atoms with Gasteiger partial charge in [0, 0.05) is 26.2 Å². The summed E-state index contributed by atoms with van der Waals surface area (Å²) in [5, 5.41) is 11.3. The number of ether oxygens (including phenoxy) is 1. The van der Waals surface area contributed by atoms with E-state index in [0.717, 1.165) is 13.1 Å². The predicted octanol–water partition coefficient (Wildman–Crippen LogP) is -0.360. The molecule has 0 aliphatic carbocycles. The van der Waals surface area contributed by atoms with Crippen molar-refractivity contribution in [1.82, 2.24) is 4.90 Å². The van der Waals surface area contributed by atoms with Gasteiger partial charge in [0.2, 0.25) is 0 Å². The number of carbonyl (C=O) groups is 1. The van der Waals surface area contributed by atoms with Gasteiger partial charge in [-0.1, -0.05) is 0 Å². The Hall–Kier alpha value is -2.35. The summed E-state index contributed by atoms with van der Waals surface area (Å²) in [5.41, 5.74) is 0.550. The zero-order chi connectivity index (χ0) is 17.1. The summed E-state index contributed by atoms with van der Waals surface area (Å²) in [4.78, 5) is 28.3. The van der Waals surface area contributed by atoms with Gasteiger partial charge in [0.15, 0.2) is 0 Å². The van der Waals surface area contributed by atoms with Gasteiger partial charge in [0.25, 0.3) is 11.6 Å². The fourth-order valence-corrected chi connectivity index (χ4v) is 2.66. The molecule has 0 bridgehead atoms. The van der Waals surface area contributed by atoms with E-state index in [1.165, 1.54) is 18.1 Å². The minimum Gasteiger partial charge on any atom is -0.496 e. The Morgan fingerprint density at radius 3 is 2.43 bits per heavy atom. The zero-order valence-electron chi connectivity index (χ0n) is 14.0. The van der Waals surface area contributed by atoms with Crippen molar-refractivity contribution < 1.29 is 19.4 Å². The van der Waals surface area contributed by atoms with Crippen LogP contribution in [0, 0.1) is 10.1 Å². The molecule has 126 valence electrons. The van der Waals surface area contributed by atoms with Gasteiger partial charge >= 0.3 is 0 Å². The number of amides is 1. The Balaban J connectivity index is 2.42. The fourth-order valence-electron chi connectivity index (χ4n) is 2.66. The van der Waals surface area contributed by atoms with Gasteiger partial charge in [-0.25, -0.2) is 0 Å². The highest BCUT2D eigenvalue weighted by Crippen LogP contribution is 2.35. The molecule has 0 unspecified atom stereocenters. The lowest BCUT2D eigenvalue weighted by Crippen LogP contribution is -3.12. The molecule has 0 aromatic heterocycles. The van der Waals surface area contributed by atoms with Gasteiger partial charge in [0.05, 0.1) is 50.8 Å². The number of nitro groups is 1. The molecule has 8 heteroatoms. The van der Waals surface area contributed by atoms with E-state index in [9.17, 15) is 14.9 Å². The molecule has 23 heavy (non-hydrogen) atoms. The van der Waals surface area contributed by atoms with Crippen molar-refractivity contribution in [2.45, 2.75) is 0 Å². The first-order chi connectivity index (χ1) is 10.8. The van der Waals surface area contributed by atoms with E-state index < -0.39 is 4.92 Å². The third-order valence-corrected chi connectivity index (χ3v) is 4.11. The van der Waals surface area contributed by atoms with Crippen molar-refractivity contribution in [3.8, 4) is 5.75 Å². The number of quaternary nitrogens is 1. The van der Waals surface area contributed by atoms with Crippen LogP contribution in [0.1, 0.15) is 10.4 Å². The van der Waals surface area contributed by atoms with E-state index in [4.69, 9.17) is 4.74 Å². The first-order valence-corrected chi connectivity index (χ1v) is 7.49. The topological polar surface area (TPSA) is 80.4 Å². The Kier molecular flexibility index (Phi) is 5.05. The van der Waals surface area contributed by atoms with Crippen LogP contribution in [-0.4, -0.2) is 70.2 Å². The smallest absolute Gasteiger partial charge is 0.293 e. The minimum atomic E-state index is -0.473. The highest BCUT2D eigenvalue weighted by molar-refractivity contribution is 5.99. The largest absolute Gasteiger partial charge is 0.496 e. The lowest BCUT2D eigenvalue weighted by molar-refractivity contribution is -0.883. The molecule has 0 atom stereocenters. The first-order valence-electron chi connectivity index (χ1n) is 7.49. The van der Waals surface area contributed by atoms with Gasteiger partial charge in [0.1, 0.15) is 11.4 Å². The van der Waals surface area contributed by atoms with Crippen LogP contribution in [0.15, 0.2) is 12.1 Å². The lowest BCUT2D eigenvalue weighted by Gasteiger charge is -2.30. The molecule has 1 heterocycles. The summed E-state index contributed by atoms with van der Waals surface area (Å²) in [5.74, 6) is 0.137. The monoisotopic (exact) mass is 323 g/mol. The molecule has 1 aliphatic heterocycles. The van der Waals surface area contributed by atoms with Crippen molar-refractivity contribution in [3.63, 3.8) is 0 Å². The number of carbonyl (C=O) groups excluding carboxylic acids is 1. The van der Waals surface area contributed by atoms with Crippen LogP contribution in [0.4, 0.5) is 11.4 Å². The molecule has 8 nitrogen and oxygen atoms in total. The van der Waals surface area contributed by atoms with E-state index in [-0.39, 0.29) is 17.2 Å². The number of rotatable bonds is 4. The van der Waals surface area contributed by atoms with Crippen LogP contribution in [-0.2, 0) is 0 Å². The molecule has 1 aliphatic rings. The lowest BCUT2D eigenvalue weighted by atomic mass is 10.1. The highest BCUT2D eigenvalue weighted by Gasteiger charge is 2.28. The van der Waals surface area contributed by atoms with Gasteiger partial charge in [-0.3, -0.25) is 14.9 Å². The summed E-state index contributed by atoms with van der Waals surface area (Å²) in [6.45, 7) is 3.01. The number of methoxy groups -OCH3 is 1. The second-order valence-electron chi connectivity index (χ2n) is 5.94. The molecule has 1 N–H and O–H groups in total. The Morgan fingerprint density at radius 2 is 1.96 bits per heavy atom. The van der Waals surface area contributed by atoms with Crippen LogP contribution in [0.2, 0.25) is 0 Å². The third kappa shape index (κ3) is 3.53. The number of piperazine rings is 1. The summed E-state index contributed by atoms with van der Waals surface area (Å²) < 4.78 is 5.30. The molecule has 1 aromatic rings. The average molecular weight is 323 g/mol. The van der Waals surface area contributed by atoms with Crippen LogP contribution in [0.25, 0.3) is 0 Å². The Bertz CT molecular complexity index is 610. The average Bonchev–Trinajstić information content (AvgIpc) is 2.53. The van der Waals surface area contributed by atoms with Crippen LogP contribution in [0.5, 0.6) is 5.75 Å². The van der Waals surface area contributed by atoms with E-state index in [1.807, 2.05) is 0 Å².